The highest BCUT2D eigenvalue weighted by atomic mass is 16.3. The summed E-state index contributed by atoms with van der Waals surface area (Å²) in [6.07, 6.45) is 7.04. The van der Waals surface area contributed by atoms with Crippen LogP contribution in [0, 0.1) is 0 Å². The van der Waals surface area contributed by atoms with Gasteiger partial charge in [0.1, 0.15) is 0 Å². The fourth-order valence-electron chi connectivity index (χ4n) is 3.33. The SMILES string of the molecule is CN(CCC1(O)CCCC1)C(=O)Nc1ccccc1C1CC1. The molecule has 0 aliphatic heterocycles. The van der Waals surface area contributed by atoms with Gasteiger partial charge in [0, 0.05) is 19.3 Å². The van der Waals surface area contributed by atoms with Gasteiger partial charge in [-0.1, -0.05) is 31.0 Å². The Morgan fingerprint density at radius 3 is 2.68 bits per heavy atom. The predicted molar refractivity (Wildman–Crippen MR) is 88.1 cm³/mol. The number of nitrogens with one attached hydrogen (secondary N) is 1. The van der Waals surface area contributed by atoms with Crippen molar-refractivity contribution in [3.05, 3.63) is 29.8 Å². The maximum atomic E-state index is 12.4. The number of benzene rings is 1. The summed E-state index contributed by atoms with van der Waals surface area (Å²) < 4.78 is 0. The van der Waals surface area contributed by atoms with E-state index in [9.17, 15) is 9.90 Å². The molecule has 22 heavy (non-hydrogen) atoms. The summed E-state index contributed by atoms with van der Waals surface area (Å²) in [7, 11) is 1.80. The molecule has 4 nitrogen and oxygen atoms in total. The van der Waals surface area contributed by atoms with Crippen LogP contribution in [0.25, 0.3) is 0 Å². The second kappa shape index (κ2) is 6.29. The zero-order chi connectivity index (χ0) is 15.6. The van der Waals surface area contributed by atoms with Gasteiger partial charge in [0.2, 0.25) is 0 Å². The number of para-hydroxylation sites is 1. The Balaban J connectivity index is 1.55. The zero-order valence-electron chi connectivity index (χ0n) is 13.3. The molecule has 1 aromatic rings. The van der Waals surface area contributed by atoms with Crippen molar-refractivity contribution in [1.29, 1.82) is 0 Å². The van der Waals surface area contributed by atoms with Gasteiger partial charge in [0.15, 0.2) is 0 Å². The molecular formula is C18H26N2O2. The number of carbonyl (C=O) groups excluding carboxylic acids is 1. The van der Waals surface area contributed by atoms with E-state index in [0.29, 0.717) is 18.9 Å². The van der Waals surface area contributed by atoms with E-state index in [1.165, 1.54) is 18.4 Å². The first kappa shape index (κ1) is 15.3. The van der Waals surface area contributed by atoms with E-state index in [4.69, 9.17) is 0 Å². The quantitative estimate of drug-likeness (QED) is 0.871. The minimum absolute atomic E-state index is 0.0882. The third-order valence-electron chi connectivity index (χ3n) is 5.01. The van der Waals surface area contributed by atoms with Crippen molar-refractivity contribution >= 4 is 11.7 Å². The predicted octanol–water partition coefficient (Wildman–Crippen LogP) is 3.72. The van der Waals surface area contributed by atoms with Crippen LogP contribution in [0.2, 0.25) is 0 Å². The average molecular weight is 302 g/mol. The summed E-state index contributed by atoms with van der Waals surface area (Å²) in [5, 5.41) is 13.4. The summed E-state index contributed by atoms with van der Waals surface area (Å²) in [4.78, 5) is 14.0. The Morgan fingerprint density at radius 2 is 2.00 bits per heavy atom. The van der Waals surface area contributed by atoms with Gasteiger partial charge in [-0.2, -0.15) is 0 Å². The monoisotopic (exact) mass is 302 g/mol. The van der Waals surface area contributed by atoms with Crippen molar-refractivity contribution in [3.63, 3.8) is 0 Å². The molecule has 0 heterocycles. The summed E-state index contributed by atoms with van der Waals surface area (Å²) in [6, 6.07) is 7.98. The van der Waals surface area contributed by atoms with Crippen LogP contribution in [0.5, 0.6) is 0 Å². The highest BCUT2D eigenvalue weighted by molar-refractivity contribution is 5.90. The first-order valence-electron chi connectivity index (χ1n) is 8.41. The van der Waals surface area contributed by atoms with Gasteiger partial charge >= 0.3 is 6.03 Å². The lowest BCUT2D eigenvalue weighted by Gasteiger charge is -2.26. The fraction of sp³-hybridized carbons (Fsp3) is 0.611. The van der Waals surface area contributed by atoms with Crippen LogP contribution in [0.3, 0.4) is 0 Å². The number of amides is 2. The van der Waals surface area contributed by atoms with E-state index >= 15 is 0 Å². The molecule has 2 fully saturated rings. The van der Waals surface area contributed by atoms with Crippen LogP contribution in [0.4, 0.5) is 10.5 Å². The van der Waals surface area contributed by atoms with E-state index in [1.54, 1.807) is 11.9 Å². The van der Waals surface area contributed by atoms with Crippen molar-refractivity contribution in [1.82, 2.24) is 4.90 Å². The fourth-order valence-corrected chi connectivity index (χ4v) is 3.33. The maximum absolute atomic E-state index is 12.4. The molecule has 120 valence electrons. The number of nitrogens with zero attached hydrogens (tertiary/aromatic N) is 1. The molecule has 0 aromatic heterocycles. The molecule has 2 aliphatic rings. The van der Waals surface area contributed by atoms with E-state index in [-0.39, 0.29) is 6.03 Å². The third-order valence-corrected chi connectivity index (χ3v) is 5.01. The summed E-state index contributed by atoms with van der Waals surface area (Å²) in [5.41, 5.74) is 1.63. The molecule has 2 saturated carbocycles. The van der Waals surface area contributed by atoms with E-state index < -0.39 is 5.60 Å². The molecule has 2 amide bonds. The number of carbonyl (C=O) groups is 1. The maximum Gasteiger partial charge on any atom is 0.321 e. The third kappa shape index (κ3) is 3.61. The molecule has 0 bridgehead atoms. The lowest BCUT2D eigenvalue weighted by molar-refractivity contribution is 0.0335. The molecule has 1 aromatic carbocycles. The number of urea groups is 1. The van der Waals surface area contributed by atoms with Gasteiger partial charge in [-0.3, -0.25) is 0 Å². The van der Waals surface area contributed by atoms with Gasteiger partial charge in [-0.25, -0.2) is 4.79 Å². The Bertz CT molecular complexity index is 534. The van der Waals surface area contributed by atoms with Crippen LogP contribution in [-0.2, 0) is 0 Å². The van der Waals surface area contributed by atoms with Gasteiger partial charge in [-0.15, -0.1) is 0 Å². The van der Waals surface area contributed by atoms with Crippen LogP contribution < -0.4 is 5.32 Å². The Morgan fingerprint density at radius 1 is 1.32 bits per heavy atom. The normalized spacial score (nSPS) is 19.9. The lowest BCUT2D eigenvalue weighted by atomic mass is 9.98. The van der Waals surface area contributed by atoms with Crippen LogP contribution >= 0.6 is 0 Å². The summed E-state index contributed by atoms with van der Waals surface area (Å²) in [5.74, 6) is 0.612. The molecule has 0 spiro atoms. The molecule has 0 radical (unpaired) electrons. The second-order valence-electron chi connectivity index (χ2n) is 6.89. The number of aliphatic hydroxyl groups is 1. The molecule has 3 rings (SSSR count). The topological polar surface area (TPSA) is 52.6 Å². The van der Waals surface area contributed by atoms with Gasteiger partial charge in [-0.05, 0) is 49.7 Å². The van der Waals surface area contributed by atoms with E-state index in [0.717, 1.165) is 31.4 Å². The summed E-state index contributed by atoms with van der Waals surface area (Å²) >= 11 is 0. The molecule has 4 heteroatoms. The second-order valence-corrected chi connectivity index (χ2v) is 6.89. The van der Waals surface area contributed by atoms with Crippen LogP contribution in [0.15, 0.2) is 24.3 Å². The molecule has 0 unspecified atom stereocenters. The van der Waals surface area contributed by atoms with Crippen molar-refractivity contribution in [3.8, 4) is 0 Å². The van der Waals surface area contributed by atoms with Gasteiger partial charge in [0.25, 0.3) is 0 Å². The minimum atomic E-state index is -0.555. The molecule has 0 atom stereocenters. The van der Waals surface area contributed by atoms with Crippen molar-refractivity contribution in [2.75, 3.05) is 18.9 Å². The number of hydrogen-bond acceptors (Lipinski definition) is 2. The lowest BCUT2D eigenvalue weighted by Crippen LogP contribution is -2.36. The Kier molecular flexibility index (Phi) is 4.39. The number of anilines is 1. The minimum Gasteiger partial charge on any atom is -0.390 e. The van der Waals surface area contributed by atoms with Gasteiger partial charge < -0.3 is 15.3 Å². The van der Waals surface area contributed by atoms with Crippen molar-refractivity contribution < 1.29 is 9.90 Å². The molecule has 2 N–H and O–H groups in total. The smallest absolute Gasteiger partial charge is 0.321 e. The first-order chi connectivity index (χ1) is 10.6. The standard InChI is InChI=1S/C18H26N2O2/c1-20(13-12-18(22)10-4-5-11-18)17(21)19-16-7-3-2-6-15(16)14-8-9-14/h2-3,6-7,14,22H,4-5,8-13H2,1H3,(H,19,21). The Labute approximate surface area is 132 Å². The van der Waals surface area contributed by atoms with Crippen molar-refractivity contribution in [2.24, 2.45) is 0 Å². The first-order valence-corrected chi connectivity index (χ1v) is 8.41. The summed E-state index contributed by atoms with van der Waals surface area (Å²) in [6.45, 7) is 0.591. The van der Waals surface area contributed by atoms with Gasteiger partial charge in [0.05, 0.1) is 5.60 Å². The van der Waals surface area contributed by atoms with Crippen LogP contribution in [0.1, 0.15) is 56.4 Å². The number of hydrogen-bond donors (Lipinski definition) is 2. The highest BCUT2D eigenvalue weighted by Gasteiger charge is 2.31. The largest absolute Gasteiger partial charge is 0.390 e. The average Bonchev–Trinajstić information content (AvgIpc) is 3.27. The Hall–Kier alpha value is -1.55. The van der Waals surface area contributed by atoms with E-state index in [2.05, 4.69) is 11.4 Å². The highest BCUT2D eigenvalue weighted by Crippen LogP contribution is 2.43. The van der Waals surface area contributed by atoms with Crippen molar-refractivity contribution in [2.45, 2.75) is 56.5 Å². The van der Waals surface area contributed by atoms with E-state index in [1.807, 2.05) is 18.2 Å². The molecular weight excluding hydrogens is 276 g/mol. The number of rotatable bonds is 5. The zero-order valence-corrected chi connectivity index (χ0v) is 13.3. The van der Waals surface area contributed by atoms with Crippen LogP contribution in [-0.4, -0.2) is 35.2 Å². The molecule has 2 aliphatic carbocycles. The molecule has 0 saturated heterocycles.